The SMILES string of the molecule is O=C(C1CC1)N1CCC(CC2=NNC3OC3N2c2ccc(-c3ccc4occc4c3)cc2)C1. The fourth-order valence-electron chi connectivity index (χ4n) is 5.18. The van der Waals surface area contributed by atoms with Crippen molar-refractivity contribution in [1.82, 2.24) is 10.3 Å². The first kappa shape index (κ1) is 19.2. The number of furan rings is 1. The van der Waals surface area contributed by atoms with Crippen molar-refractivity contribution in [3.05, 3.63) is 54.8 Å². The van der Waals surface area contributed by atoms with E-state index in [4.69, 9.17) is 9.15 Å². The van der Waals surface area contributed by atoms with E-state index in [1.807, 2.05) is 12.1 Å². The van der Waals surface area contributed by atoms with Gasteiger partial charge in [-0.3, -0.25) is 15.1 Å². The summed E-state index contributed by atoms with van der Waals surface area (Å²) < 4.78 is 11.3. The lowest BCUT2D eigenvalue weighted by atomic mass is 10.0. The van der Waals surface area contributed by atoms with Gasteiger partial charge in [-0.15, -0.1) is 0 Å². The molecule has 3 unspecified atom stereocenters. The Morgan fingerprint density at radius 3 is 2.76 bits per heavy atom. The van der Waals surface area contributed by atoms with E-state index in [1.54, 1.807) is 6.26 Å². The summed E-state index contributed by atoms with van der Waals surface area (Å²) in [5.74, 6) is 2.08. The number of anilines is 1. The summed E-state index contributed by atoms with van der Waals surface area (Å²) in [6, 6.07) is 16.8. The Labute approximate surface area is 192 Å². The number of amidine groups is 1. The second kappa shape index (κ2) is 7.35. The van der Waals surface area contributed by atoms with Crippen LogP contribution in [-0.2, 0) is 9.53 Å². The summed E-state index contributed by atoms with van der Waals surface area (Å²) in [5, 5.41) is 5.76. The molecule has 168 valence electrons. The molecule has 2 saturated heterocycles. The van der Waals surface area contributed by atoms with Gasteiger partial charge in [-0.1, -0.05) is 18.2 Å². The van der Waals surface area contributed by atoms with Gasteiger partial charge >= 0.3 is 0 Å². The smallest absolute Gasteiger partial charge is 0.225 e. The highest BCUT2D eigenvalue weighted by Gasteiger charge is 2.49. The van der Waals surface area contributed by atoms with Gasteiger partial charge in [0, 0.05) is 36.5 Å². The largest absolute Gasteiger partial charge is 0.464 e. The number of rotatable bonds is 5. The first-order valence-electron chi connectivity index (χ1n) is 11.9. The van der Waals surface area contributed by atoms with Gasteiger partial charge in [0.1, 0.15) is 11.4 Å². The van der Waals surface area contributed by atoms with Crippen LogP contribution in [0.2, 0.25) is 0 Å². The van der Waals surface area contributed by atoms with Crippen molar-refractivity contribution in [2.24, 2.45) is 16.9 Å². The second-order valence-corrected chi connectivity index (χ2v) is 9.61. The minimum Gasteiger partial charge on any atom is -0.464 e. The Morgan fingerprint density at radius 1 is 1.06 bits per heavy atom. The molecule has 7 rings (SSSR count). The van der Waals surface area contributed by atoms with Crippen LogP contribution in [0.1, 0.15) is 25.7 Å². The summed E-state index contributed by atoms with van der Waals surface area (Å²) in [6.07, 6.45) is 5.67. The van der Waals surface area contributed by atoms with E-state index in [-0.39, 0.29) is 12.5 Å². The molecule has 1 amide bonds. The lowest BCUT2D eigenvalue weighted by molar-refractivity contribution is -0.131. The van der Waals surface area contributed by atoms with Crippen LogP contribution >= 0.6 is 0 Å². The molecule has 1 N–H and O–H groups in total. The molecule has 1 saturated carbocycles. The lowest BCUT2D eigenvalue weighted by Gasteiger charge is -2.28. The summed E-state index contributed by atoms with van der Waals surface area (Å²) >= 11 is 0. The van der Waals surface area contributed by atoms with Gasteiger partial charge in [0.25, 0.3) is 0 Å². The maximum absolute atomic E-state index is 12.4. The maximum atomic E-state index is 12.4. The molecule has 33 heavy (non-hydrogen) atoms. The second-order valence-electron chi connectivity index (χ2n) is 9.61. The van der Waals surface area contributed by atoms with Gasteiger partial charge < -0.3 is 14.1 Å². The topological polar surface area (TPSA) is 73.6 Å². The average Bonchev–Trinajstić information content (AvgIpc) is 3.74. The molecule has 2 aromatic carbocycles. The number of hydrogen-bond donors (Lipinski definition) is 1. The number of hydrazone groups is 1. The van der Waals surface area contributed by atoms with E-state index in [0.717, 1.165) is 72.4 Å². The molecular weight excluding hydrogens is 416 g/mol. The number of nitrogens with one attached hydrogen (secondary N) is 1. The highest BCUT2D eigenvalue weighted by molar-refractivity contribution is 5.99. The molecule has 1 aromatic heterocycles. The Balaban J connectivity index is 1.09. The molecular formula is C26H26N4O3. The Morgan fingerprint density at radius 2 is 1.91 bits per heavy atom. The molecule has 1 aliphatic carbocycles. The molecule has 4 heterocycles. The minimum atomic E-state index is -0.0477. The van der Waals surface area contributed by atoms with Crippen LogP contribution in [0.15, 0.2) is 64.3 Å². The number of fused-ring (bicyclic) bond motifs is 2. The molecule has 0 spiro atoms. The molecule has 3 fully saturated rings. The number of amides is 1. The van der Waals surface area contributed by atoms with Gasteiger partial charge in [0.15, 0.2) is 12.5 Å². The van der Waals surface area contributed by atoms with Crippen LogP contribution in [0, 0.1) is 11.8 Å². The van der Waals surface area contributed by atoms with Gasteiger partial charge in [0.05, 0.1) is 6.26 Å². The molecule has 0 radical (unpaired) electrons. The normalized spacial score (nSPS) is 26.2. The van der Waals surface area contributed by atoms with Gasteiger partial charge in [0.2, 0.25) is 5.91 Å². The number of hydrogen-bond acceptors (Lipinski definition) is 6. The third-order valence-corrected chi connectivity index (χ3v) is 7.25. The number of benzene rings is 2. The van der Waals surface area contributed by atoms with E-state index in [0.29, 0.717) is 17.7 Å². The zero-order chi connectivity index (χ0) is 21.9. The number of ether oxygens (including phenoxy) is 1. The molecule has 3 aliphatic heterocycles. The van der Waals surface area contributed by atoms with Crippen molar-refractivity contribution in [1.29, 1.82) is 0 Å². The molecule has 7 nitrogen and oxygen atoms in total. The summed E-state index contributed by atoms with van der Waals surface area (Å²) in [5.41, 5.74) is 7.44. The highest BCUT2D eigenvalue weighted by Crippen LogP contribution is 2.37. The molecule has 7 heteroatoms. The molecule has 3 atom stereocenters. The van der Waals surface area contributed by atoms with Crippen LogP contribution in [0.4, 0.5) is 5.69 Å². The van der Waals surface area contributed by atoms with Crippen molar-refractivity contribution < 1.29 is 13.9 Å². The first-order chi connectivity index (χ1) is 16.2. The van der Waals surface area contributed by atoms with Crippen molar-refractivity contribution >= 4 is 28.4 Å². The fourth-order valence-corrected chi connectivity index (χ4v) is 5.18. The number of carbonyl (C=O) groups excluding carboxylic acids is 1. The predicted octanol–water partition coefficient (Wildman–Crippen LogP) is 4.15. The predicted molar refractivity (Wildman–Crippen MR) is 125 cm³/mol. The molecule has 3 aromatic rings. The summed E-state index contributed by atoms with van der Waals surface area (Å²) in [7, 11) is 0. The zero-order valence-electron chi connectivity index (χ0n) is 18.3. The Kier molecular flexibility index (Phi) is 4.27. The Bertz CT molecular complexity index is 1250. The first-order valence-corrected chi connectivity index (χ1v) is 11.9. The summed E-state index contributed by atoms with van der Waals surface area (Å²) in [4.78, 5) is 16.7. The van der Waals surface area contributed by atoms with E-state index in [9.17, 15) is 4.79 Å². The average molecular weight is 443 g/mol. The molecule has 0 bridgehead atoms. The van der Waals surface area contributed by atoms with Crippen molar-refractivity contribution in [2.75, 3.05) is 18.0 Å². The van der Waals surface area contributed by atoms with Crippen LogP contribution in [0.5, 0.6) is 0 Å². The standard InChI is InChI=1S/C26H26N4O3/c31-25(18-1-2-18)29-11-9-16(15-29)13-23-27-28-24-26(33-24)30(23)21-6-3-17(4-7-21)19-5-8-22-20(14-19)10-12-32-22/h3-8,10,12,14,16,18,24,26,28H,1-2,9,11,13,15H2. The number of carbonyl (C=O) groups is 1. The van der Waals surface area contributed by atoms with Crippen LogP contribution < -0.4 is 10.3 Å². The highest BCUT2D eigenvalue weighted by atomic mass is 16.6. The van der Waals surface area contributed by atoms with Crippen LogP contribution in [0.3, 0.4) is 0 Å². The van der Waals surface area contributed by atoms with E-state index in [2.05, 4.69) is 56.7 Å². The summed E-state index contributed by atoms with van der Waals surface area (Å²) in [6.45, 7) is 1.71. The van der Waals surface area contributed by atoms with E-state index < -0.39 is 0 Å². The van der Waals surface area contributed by atoms with Crippen LogP contribution in [0.25, 0.3) is 22.1 Å². The number of nitrogens with zero attached hydrogens (tertiary/aromatic N) is 3. The zero-order valence-corrected chi connectivity index (χ0v) is 18.3. The van der Waals surface area contributed by atoms with E-state index >= 15 is 0 Å². The van der Waals surface area contributed by atoms with Gasteiger partial charge in [-0.05, 0) is 66.6 Å². The van der Waals surface area contributed by atoms with Gasteiger partial charge in [-0.25, -0.2) is 0 Å². The fraction of sp³-hybridized carbons (Fsp3) is 0.385. The van der Waals surface area contributed by atoms with Crippen LogP contribution in [-0.4, -0.2) is 42.2 Å². The number of epoxide rings is 1. The lowest BCUT2D eigenvalue weighted by Crippen LogP contribution is -2.43. The Hall–Kier alpha value is -3.32. The van der Waals surface area contributed by atoms with Crippen molar-refractivity contribution in [3.63, 3.8) is 0 Å². The van der Waals surface area contributed by atoms with Gasteiger partial charge in [-0.2, -0.15) is 5.10 Å². The van der Waals surface area contributed by atoms with Crippen molar-refractivity contribution in [2.45, 2.75) is 38.1 Å². The monoisotopic (exact) mass is 442 g/mol. The quantitative estimate of drug-likeness (QED) is 0.601. The van der Waals surface area contributed by atoms with E-state index in [1.165, 1.54) is 0 Å². The minimum absolute atomic E-state index is 0.0174. The number of likely N-dealkylation sites (tertiary alicyclic amines) is 1. The maximum Gasteiger partial charge on any atom is 0.225 e. The third kappa shape index (κ3) is 3.47. The third-order valence-electron chi connectivity index (χ3n) is 7.25. The van der Waals surface area contributed by atoms with Crippen molar-refractivity contribution in [3.8, 4) is 11.1 Å². The molecule has 4 aliphatic rings.